The van der Waals surface area contributed by atoms with Crippen molar-refractivity contribution in [2.75, 3.05) is 0 Å². The number of hydrazone groups is 1. The lowest BCUT2D eigenvalue weighted by Crippen LogP contribution is -2.46. The number of carboxylic acid groups (broad SMARTS) is 1. The minimum atomic E-state index is -0.969. The third-order valence-corrected chi connectivity index (χ3v) is 4.85. The number of aromatic nitrogens is 1. The third-order valence-electron chi connectivity index (χ3n) is 4.85. The molecule has 1 aromatic heterocycles. The number of carbonyl (C=O) groups is 1. The second-order valence-corrected chi connectivity index (χ2v) is 6.94. The van der Waals surface area contributed by atoms with Gasteiger partial charge >= 0.3 is 6.09 Å². The summed E-state index contributed by atoms with van der Waals surface area (Å²) >= 11 is 0. The SMILES string of the molecule is CC(=NN(C(=O)O)C1CC(C)CCC1C(C)C)c1ccncc1. The molecule has 1 saturated carbocycles. The summed E-state index contributed by atoms with van der Waals surface area (Å²) in [5.41, 5.74) is 1.60. The van der Waals surface area contributed by atoms with E-state index in [1.165, 1.54) is 11.4 Å². The molecule has 126 valence electrons. The molecule has 23 heavy (non-hydrogen) atoms. The van der Waals surface area contributed by atoms with Gasteiger partial charge in [0.25, 0.3) is 0 Å². The predicted molar refractivity (Wildman–Crippen MR) is 91.4 cm³/mol. The van der Waals surface area contributed by atoms with Crippen LogP contribution in [-0.2, 0) is 0 Å². The van der Waals surface area contributed by atoms with E-state index in [1.807, 2.05) is 19.1 Å². The Morgan fingerprint density at radius 2 is 2.00 bits per heavy atom. The van der Waals surface area contributed by atoms with Crippen LogP contribution in [-0.4, -0.2) is 32.9 Å². The molecule has 3 unspecified atom stereocenters. The molecule has 1 aliphatic carbocycles. The summed E-state index contributed by atoms with van der Waals surface area (Å²) in [7, 11) is 0. The standard InChI is InChI=1S/C18H27N3O2/c1-12(2)16-6-5-13(3)11-17(16)21(18(22)23)20-14(4)15-7-9-19-10-8-15/h7-10,12-13,16-17H,5-6,11H2,1-4H3,(H,22,23). The molecule has 1 fully saturated rings. The van der Waals surface area contributed by atoms with Gasteiger partial charge in [-0.15, -0.1) is 0 Å². The van der Waals surface area contributed by atoms with Gasteiger partial charge in [-0.25, -0.2) is 4.79 Å². The van der Waals surface area contributed by atoms with Crippen molar-refractivity contribution < 1.29 is 9.90 Å². The van der Waals surface area contributed by atoms with Crippen LogP contribution in [0.2, 0.25) is 0 Å². The molecule has 0 bridgehead atoms. The first-order valence-electron chi connectivity index (χ1n) is 8.38. The van der Waals surface area contributed by atoms with E-state index in [0.29, 0.717) is 23.5 Å². The van der Waals surface area contributed by atoms with Gasteiger partial charge < -0.3 is 5.11 Å². The minimum absolute atomic E-state index is 0.0481. The third kappa shape index (κ3) is 4.30. The largest absolute Gasteiger partial charge is 0.464 e. The maximum absolute atomic E-state index is 11.8. The Kier molecular flexibility index (Phi) is 5.74. The summed E-state index contributed by atoms with van der Waals surface area (Å²) in [6, 6.07) is 3.65. The van der Waals surface area contributed by atoms with E-state index in [2.05, 4.69) is 30.9 Å². The molecule has 3 atom stereocenters. The van der Waals surface area contributed by atoms with E-state index < -0.39 is 6.09 Å². The van der Waals surface area contributed by atoms with Gasteiger partial charge in [-0.05, 0) is 49.7 Å². The van der Waals surface area contributed by atoms with E-state index in [9.17, 15) is 9.90 Å². The van der Waals surface area contributed by atoms with Crippen LogP contribution in [0.3, 0.4) is 0 Å². The lowest BCUT2D eigenvalue weighted by Gasteiger charge is -2.40. The van der Waals surface area contributed by atoms with Crippen LogP contribution in [0.1, 0.15) is 52.5 Å². The zero-order valence-corrected chi connectivity index (χ0v) is 14.4. The fourth-order valence-electron chi connectivity index (χ4n) is 3.50. The van der Waals surface area contributed by atoms with Crippen LogP contribution >= 0.6 is 0 Å². The Labute approximate surface area is 138 Å². The van der Waals surface area contributed by atoms with Crippen molar-refractivity contribution in [1.82, 2.24) is 9.99 Å². The van der Waals surface area contributed by atoms with Crippen molar-refractivity contribution in [3.05, 3.63) is 30.1 Å². The lowest BCUT2D eigenvalue weighted by molar-refractivity contribution is 0.0583. The molecule has 1 aliphatic rings. The van der Waals surface area contributed by atoms with Crippen LogP contribution < -0.4 is 0 Å². The van der Waals surface area contributed by atoms with Crippen molar-refractivity contribution >= 4 is 11.8 Å². The number of hydrogen-bond acceptors (Lipinski definition) is 3. The van der Waals surface area contributed by atoms with Crippen molar-refractivity contribution in [1.29, 1.82) is 0 Å². The van der Waals surface area contributed by atoms with Gasteiger partial charge in [0.1, 0.15) is 0 Å². The Morgan fingerprint density at radius 3 is 2.57 bits per heavy atom. The smallest absolute Gasteiger partial charge is 0.428 e. The van der Waals surface area contributed by atoms with Crippen molar-refractivity contribution in [3.8, 4) is 0 Å². The number of rotatable bonds is 4. The quantitative estimate of drug-likeness (QED) is 0.667. The summed E-state index contributed by atoms with van der Waals surface area (Å²) in [6.07, 6.45) is 5.53. The van der Waals surface area contributed by atoms with Gasteiger partial charge in [0, 0.05) is 18.0 Å². The van der Waals surface area contributed by atoms with Crippen molar-refractivity contribution in [2.24, 2.45) is 22.9 Å². The van der Waals surface area contributed by atoms with Gasteiger partial charge in [-0.3, -0.25) is 4.98 Å². The first kappa shape index (κ1) is 17.4. The van der Waals surface area contributed by atoms with Crippen LogP contribution in [0.5, 0.6) is 0 Å². The average molecular weight is 317 g/mol. The Bertz CT molecular complexity index is 557. The zero-order chi connectivity index (χ0) is 17.0. The summed E-state index contributed by atoms with van der Waals surface area (Å²) < 4.78 is 0. The molecule has 0 saturated heterocycles. The number of amides is 1. The van der Waals surface area contributed by atoms with Crippen molar-refractivity contribution in [2.45, 2.75) is 53.0 Å². The van der Waals surface area contributed by atoms with Crippen LogP contribution in [0.15, 0.2) is 29.6 Å². The van der Waals surface area contributed by atoms with Gasteiger partial charge in [0.2, 0.25) is 0 Å². The highest BCUT2D eigenvalue weighted by Crippen LogP contribution is 2.36. The van der Waals surface area contributed by atoms with E-state index in [-0.39, 0.29) is 6.04 Å². The van der Waals surface area contributed by atoms with E-state index >= 15 is 0 Å². The summed E-state index contributed by atoms with van der Waals surface area (Å²) in [5, 5.41) is 15.5. The molecule has 0 aromatic carbocycles. The second kappa shape index (κ2) is 7.57. The van der Waals surface area contributed by atoms with E-state index in [0.717, 1.165) is 18.4 Å². The molecule has 1 heterocycles. The molecule has 1 amide bonds. The highest BCUT2D eigenvalue weighted by atomic mass is 16.4. The molecule has 5 heteroatoms. The molecular weight excluding hydrogens is 290 g/mol. The first-order valence-corrected chi connectivity index (χ1v) is 8.38. The van der Waals surface area contributed by atoms with Crippen LogP contribution in [0.25, 0.3) is 0 Å². The highest BCUT2D eigenvalue weighted by molar-refractivity contribution is 5.98. The Balaban J connectivity index is 2.31. The number of nitrogens with zero attached hydrogens (tertiary/aromatic N) is 3. The minimum Gasteiger partial charge on any atom is -0.464 e. The fourth-order valence-corrected chi connectivity index (χ4v) is 3.50. The topological polar surface area (TPSA) is 65.8 Å². The average Bonchev–Trinajstić information content (AvgIpc) is 2.52. The molecule has 0 aliphatic heterocycles. The van der Waals surface area contributed by atoms with Crippen LogP contribution in [0, 0.1) is 17.8 Å². The fraction of sp³-hybridized carbons (Fsp3) is 0.611. The normalized spacial score (nSPS) is 25.4. The zero-order valence-electron chi connectivity index (χ0n) is 14.4. The molecule has 0 spiro atoms. The van der Waals surface area contributed by atoms with E-state index in [1.54, 1.807) is 12.4 Å². The van der Waals surface area contributed by atoms with Gasteiger partial charge in [-0.2, -0.15) is 10.1 Å². The maximum Gasteiger partial charge on any atom is 0.428 e. The lowest BCUT2D eigenvalue weighted by atomic mass is 9.74. The van der Waals surface area contributed by atoms with Gasteiger partial charge in [-0.1, -0.05) is 27.2 Å². The molecule has 2 rings (SSSR count). The Morgan fingerprint density at radius 1 is 1.35 bits per heavy atom. The highest BCUT2D eigenvalue weighted by Gasteiger charge is 2.37. The molecule has 0 radical (unpaired) electrons. The van der Waals surface area contributed by atoms with Crippen LogP contribution in [0.4, 0.5) is 4.79 Å². The summed E-state index contributed by atoms with van der Waals surface area (Å²) in [4.78, 5) is 15.8. The van der Waals surface area contributed by atoms with E-state index in [4.69, 9.17) is 0 Å². The van der Waals surface area contributed by atoms with Gasteiger partial charge in [0.05, 0.1) is 11.8 Å². The molecule has 1 aromatic rings. The molecule has 5 nitrogen and oxygen atoms in total. The Hall–Kier alpha value is -1.91. The number of pyridine rings is 1. The molecular formula is C18H27N3O2. The molecule has 1 N–H and O–H groups in total. The number of hydrogen-bond donors (Lipinski definition) is 1. The summed E-state index contributed by atoms with van der Waals surface area (Å²) in [5.74, 6) is 1.34. The first-order chi connectivity index (χ1) is 10.9. The monoisotopic (exact) mass is 317 g/mol. The second-order valence-electron chi connectivity index (χ2n) is 6.94. The summed E-state index contributed by atoms with van der Waals surface area (Å²) in [6.45, 7) is 8.39. The maximum atomic E-state index is 11.8. The predicted octanol–water partition coefficient (Wildman–Crippen LogP) is 4.25. The van der Waals surface area contributed by atoms with Gasteiger partial charge in [0.15, 0.2) is 0 Å². The van der Waals surface area contributed by atoms with Crippen molar-refractivity contribution in [3.63, 3.8) is 0 Å².